The summed E-state index contributed by atoms with van der Waals surface area (Å²) in [6.07, 6.45) is 6.11. The van der Waals surface area contributed by atoms with Crippen LogP contribution in [0.4, 0.5) is 0 Å². The molecule has 0 radical (unpaired) electrons. The van der Waals surface area contributed by atoms with Crippen LogP contribution in [0.1, 0.15) is 29.2 Å². The van der Waals surface area contributed by atoms with Gasteiger partial charge in [0.15, 0.2) is 23.1 Å². The van der Waals surface area contributed by atoms with Gasteiger partial charge in [-0.2, -0.15) is 0 Å². The van der Waals surface area contributed by atoms with Gasteiger partial charge in [0, 0.05) is 6.92 Å². The van der Waals surface area contributed by atoms with Crippen LogP contribution in [-0.2, 0) is 32.3 Å². The molecule has 0 heterocycles. The van der Waals surface area contributed by atoms with Gasteiger partial charge in [0.25, 0.3) is 0 Å². The van der Waals surface area contributed by atoms with Crippen LogP contribution in [0.3, 0.4) is 0 Å². The number of aliphatic hydroxyl groups is 2. The highest BCUT2D eigenvalue weighted by molar-refractivity contribution is 6.28. The van der Waals surface area contributed by atoms with E-state index in [1.807, 2.05) is 0 Å². The molecule has 0 saturated carbocycles. The third-order valence-corrected chi connectivity index (χ3v) is 4.71. The van der Waals surface area contributed by atoms with Crippen molar-refractivity contribution in [3.05, 3.63) is 82.6 Å². The van der Waals surface area contributed by atoms with E-state index in [9.17, 15) is 24.6 Å². The first-order valence-electron chi connectivity index (χ1n) is 10.2. The number of ether oxygens (including phenoxy) is 3. The molecular formula is C26H26O8. The van der Waals surface area contributed by atoms with Gasteiger partial charge in [0.05, 0.1) is 27.4 Å². The van der Waals surface area contributed by atoms with Crippen LogP contribution in [0, 0.1) is 0 Å². The first kappa shape index (κ1) is 26.2. The molecule has 0 atom stereocenters. The number of esters is 1. The zero-order valence-electron chi connectivity index (χ0n) is 19.1. The SMILES string of the molecule is COc1ccc(/C=C/C(=O)/C(=C\OC(C)=O)C(=O)/C=C/c2ccc(CO)c(CO)c2)cc1OC. The van der Waals surface area contributed by atoms with E-state index in [0.29, 0.717) is 33.8 Å². The number of carbonyl (C=O) groups is 3. The molecule has 2 aromatic rings. The van der Waals surface area contributed by atoms with Gasteiger partial charge >= 0.3 is 5.97 Å². The minimum Gasteiger partial charge on any atom is -0.493 e. The second kappa shape index (κ2) is 12.9. The van der Waals surface area contributed by atoms with Crippen molar-refractivity contribution in [2.24, 2.45) is 0 Å². The van der Waals surface area contributed by atoms with Gasteiger partial charge in [-0.25, -0.2) is 0 Å². The zero-order chi connectivity index (χ0) is 25.1. The highest BCUT2D eigenvalue weighted by atomic mass is 16.5. The van der Waals surface area contributed by atoms with Crippen molar-refractivity contribution in [3.63, 3.8) is 0 Å². The highest BCUT2D eigenvalue weighted by Gasteiger charge is 2.15. The molecule has 0 aromatic heterocycles. The van der Waals surface area contributed by atoms with Crippen LogP contribution >= 0.6 is 0 Å². The largest absolute Gasteiger partial charge is 0.493 e. The Labute approximate surface area is 197 Å². The third-order valence-electron chi connectivity index (χ3n) is 4.71. The van der Waals surface area contributed by atoms with E-state index < -0.39 is 17.5 Å². The molecule has 34 heavy (non-hydrogen) atoms. The number of carbonyl (C=O) groups excluding carboxylic acids is 3. The summed E-state index contributed by atoms with van der Waals surface area (Å²) >= 11 is 0. The van der Waals surface area contributed by atoms with Gasteiger partial charge in [-0.1, -0.05) is 30.4 Å². The number of hydrogen-bond acceptors (Lipinski definition) is 8. The Morgan fingerprint density at radius 2 is 1.35 bits per heavy atom. The molecule has 0 aliphatic rings. The van der Waals surface area contributed by atoms with Crippen molar-refractivity contribution in [2.75, 3.05) is 14.2 Å². The fraction of sp³-hybridized carbons (Fsp3) is 0.192. The predicted octanol–water partition coefficient (Wildman–Crippen LogP) is 3.00. The summed E-state index contributed by atoms with van der Waals surface area (Å²) in [5.41, 5.74) is 1.94. The molecule has 0 aliphatic heterocycles. The Morgan fingerprint density at radius 1 is 0.794 bits per heavy atom. The summed E-state index contributed by atoms with van der Waals surface area (Å²) < 4.78 is 15.2. The summed E-state index contributed by atoms with van der Waals surface area (Å²) in [4.78, 5) is 36.7. The van der Waals surface area contributed by atoms with Crippen LogP contribution in [0.2, 0.25) is 0 Å². The van der Waals surface area contributed by atoms with Crippen molar-refractivity contribution < 1.29 is 38.8 Å². The second-order valence-electron chi connectivity index (χ2n) is 6.99. The Morgan fingerprint density at radius 3 is 1.88 bits per heavy atom. The molecule has 0 saturated heterocycles. The minimum atomic E-state index is -0.682. The molecule has 178 valence electrons. The number of rotatable bonds is 11. The van der Waals surface area contributed by atoms with Crippen LogP contribution < -0.4 is 9.47 Å². The summed E-state index contributed by atoms with van der Waals surface area (Å²) in [7, 11) is 3.00. The smallest absolute Gasteiger partial charge is 0.307 e. The van der Waals surface area contributed by atoms with Crippen LogP contribution in [-0.4, -0.2) is 42.0 Å². The quantitative estimate of drug-likeness (QED) is 0.171. The standard InChI is InChI=1S/C26H26O8/c1-17(29)34-16-22(23(30)9-5-18-4-8-20(14-27)21(12-18)15-28)24(31)10-6-19-7-11-25(32-2)26(13-19)33-3/h4-13,16,27-28H,14-15H2,1-3H3/b9-5+,10-6+,22-16-. The molecule has 8 nitrogen and oxygen atoms in total. The molecular weight excluding hydrogens is 440 g/mol. The van der Waals surface area contributed by atoms with Gasteiger partial charge in [0.2, 0.25) is 0 Å². The van der Waals surface area contributed by atoms with Crippen molar-refractivity contribution in [1.82, 2.24) is 0 Å². The lowest BCUT2D eigenvalue weighted by atomic mass is 10.0. The molecule has 2 N–H and O–H groups in total. The fourth-order valence-corrected chi connectivity index (χ4v) is 2.91. The van der Waals surface area contributed by atoms with Gasteiger partial charge in [-0.3, -0.25) is 14.4 Å². The monoisotopic (exact) mass is 466 g/mol. The Bertz CT molecular complexity index is 1060. The second-order valence-corrected chi connectivity index (χ2v) is 6.99. The van der Waals surface area contributed by atoms with Gasteiger partial charge in [-0.15, -0.1) is 0 Å². The minimum absolute atomic E-state index is 0.227. The van der Waals surface area contributed by atoms with Crippen molar-refractivity contribution in [1.29, 1.82) is 0 Å². The topological polar surface area (TPSA) is 119 Å². The normalized spacial score (nSPS) is 11.6. The van der Waals surface area contributed by atoms with Crippen LogP contribution in [0.15, 0.2) is 60.4 Å². The van der Waals surface area contributed by atoms with E-state index in [4.69, 9.17) is 14.2 Å². The molecule has 8 heteroatoms. The number of aliphatic hydroxyl groups excluding tert-OH is 2. The number of benzene rings is 2. The fourth-order valence-electron chi connectivity index (χ4n) is 2.91. The zero-order valence-corrected chi connectivity index (χ0v) is 19.1. The molecule has 0 bridgehead atoms. The maximum Gasteiger partial charge on any atom is 0.307 e. The first-order chi connectivity index (χ1) is 16.3. The first-order valence-corrected chi connectivity index (χ1v) is 10.2. The third kappa shape index (κ3) is 7.26. The molecule has 2 rings (SSSR count). The maximum absolute atomic E-state index is 12.7. The van der Waals surface area contributed by atoms with Crippen LogP contribution in [0.25, 0.3) is 12.2 Å². The summed E-state index contributed by atoms with van der Waals surface area (Å²) in [6.45, 7) is 0.648. The van der Waals surface area contributed by atoms with E-state index in [0.717, 1.165) is 19.3 Å². The number of allylic oxidation sites excluding steroid dienone is 3. The summed E-state index contributed by atoms with van der Waals surface area (Å²) in [5, 5.41) is 18.7. The molecule has 2 aromatic carbocycles. The molecule has 0 spiro atoms. The van der Waals surface area contributed by atoms with Gasteiger partial charge in [-0.05, 0) is 52.6 Å². The lowest BCUT2D eigenvalue weighted by Crippen LogP contribution is -2.10. The lowest BCUT2D eigenvalue weighted by molar-refractivity contribution is -0.135. The number of ketones is 2. The lowest BCUT2D eigenvalue weighted by Gasteiger charge is -2.07. The van der Waals surface area contributed by atoms with E-state index in [-0.39, 0.29) is 18.8 Å². The molecule has 0 fully saturated rings. The van der Waals surface area contributed by atoms with E-state index in [1.165, 1.54) is 32.4 Å². The Balaban J connectivity index is 2.27. The average molecular weight is 466 g/mol. The van der Waals surface area contributed by atoms with Crippen molar-refractivity contribution in [2.45, 2.75) is 20.1 Å². The molecule has 0 amide bonds. The number of methoxy groups -OCH3 is 2. The van der Waals surface area contributed by atoms with E-state index in [1.54, 1.807) is 36.4 Å². The summed E-state index contributed by atoms with van der Waals surface area (Å²) in [6, 6.07) is 9.94. The Hall–Kier alpha value is -4.01. The van der Waals surface area contributed by atoms with E-state index in [2.05, 4.69) is 0 Å². The predicted molar refractivity (Wildman–Crippen MR) is 126 cm³/mol. The van der Waals surface area contributed by atoms with E-state index >= 15 is 0 Å². The Kier molecular flexibility index (Phi) is 9.94. The van der Waals surface area contributed by atoms with Crippen molar-refractivity contribution in [3.8, 4) is 11.5 Å². The van der Waals surface area contributed by atoms with Crippen LogP contribution in [0.5, 0.6) is 11.5 Å². The average Bonchev–Trinajstić information content (AvgIpc) is 2.85. The highest BCUT2D eigenvalue weighted by Crippen LogP contribution is 2.28. The molecule has 0 aliphatic carbocycles. The summed E-state index contributed by atoms with van der Waals surface area (Å²) in [5.74, 6) is -1.03. The molecule has 0 unspecified atom stereocenters. The van der Waals surface area contributed by atoms with Gasteiger partial charge in [0.1, 0.15) is 11.8 Å². The maximum atomic E-state index is 12.7. The van der Waals surface area contributed by atoms with Gasteiger partial charge < -0.3 is 24.4 Å². The number of hydrogen-bond donors (Lipinski definition) is 2. The van der Waals surface area contributed by atoms with Crippen molar-refractivity contribution >= 4 is 29.7 Å².